The highest BCUT2D eigenvalue weighted by Crippen LogP contribution is 2.24. The maximum Gasteiger partial charge on any atom is 0.174 e. The molecule has 13 heavy (non-hydrogen) atoms. The fourth-order valence-corrected chi connectivity index (χ4v) is 1.48. The van der Waals surface area contributed by atoms with Gasteiger partial charge in [0, 0.05) is 0 Å². The third-order valence-corrected chi connectivity index (χ3v) is 1.92. The van der Waals surface area contributed by atoms with Crippen molar-refractivity contribution in [1.29, 1.82) is 0 Å². The first kappa shape index (κ1) is 9.78. The van der Waals surface area contributed by atoms with Crippen LogP contribution in [0.1, 0.15) is 16.7 Å². The van der Waals surface area contributed by atoms with E-state index in [0.29, 0.717) is 0 Å². The number of aryl methyl sites for hydroxylation is 3. The molecule has 0 fully saturated rings. The standard InChI is InChI=1S/C11H15NO/c1-8-5-9(2)11(10(3)6-8)12-7-13-4/h5-7H,1-4H3. The smallest absolute Gasteiger partial charge is 0.174 e. The average Bonchev–Trinajstić information content (AvgIpc) is 2.02. The molecule has 0 aliphatic carbocycles. The van der Waals surface area contributed by atoms with Crippen LogP contribution in [0.2, 0.25) is 0 Å². The van der Waals surface area contributed by atoms with Crippen LogP contribution in [0, 0.1) is 20.8 Å². The monoisotopic (exact) mass is 177 g/mol. The number of nitrogens with zero attached hydrogens (tertiary/aromatic N) is 1. The molecular formula is C11H15NO. The Morgan fingerprint density at radius 3 is 2.15 bits per heavy atom. The molecule has 1 rings (SSSR count). The molecule has 2 nitrogen and oxygen atoms in total. The molecule has 2 heteroatoms. The van der Waals surface area contributed by atoms with Crippen LogP contribution in [0.25, 0.3) is 0 Å². The molecule has 0 radical (unpaired) electrons. The Bertz CT molecular complexity index is 306. The number of hydrogen-bond donors (Lipinski definition) is 0. The molecule has 0 saturated heterocycles. The van der Waals surface area contributed by atoms with E-state index < -0.39 is 0 Å². The Balaban J connectivity index is 3.13. The third kappa shape index (κ3) is 2.31. The first-order valence-electron chi connectivity index (χ1n) is 4.28. The SMILES string of the molecule is COC=Nc1c(C)cc(C)cc1C. The molecule has 0 heterocycles. The predicted molar refractivity (Wildman–Crippen MR) is 55.8 cm³/mol. The summed E-state index contributed by atoms with van der Waals surface area (Å²) in [6.07, 6.45) is 1.46. The van der Waals surface area contributed by atoms with Crippen molar-refractivity contribution in [2.75, 3.05) is 7.11 Å². The minimum Gasteiger partial charge on any atom is -0.486 e. The van der Waals surface area contributed by atoms with Crippen LogP contribution in [0.3, 0.4) is 0 Å². The van der Waals surface area contributed by atoms with E-state index in [9.17, 15) is 0 Å². The van der Waals surface area contributed by atoms with Gasteiger partial charge in [-0.2, -0.15) is 0 Å². The lowest BCUT2D eigenvalue weighted by molar-refractivity contribution is 0.423. The number of rotatable bonds is 2. The lowest BCUT2D eigenvalue weighted by Gasteiger charge is -2.05. The van der Waals surface area contributed by atoms with Crippen molar-refractivity contribution in [3.8, 4) is 0 Å². The minimum absolute atomic E-state index is 1.01. The maximum absolute atomic E-state index is 4.79. The number of ether oxygens (including phenoxy) is 1. The Morgan fingerprint density at radius 2 is 1.69 bits per heavy atom. The normalized spacial score (nSPS) is 10.8. The average molecular weight is 177 g/mol. The number of aliphatic imine (C=N–C) groups is 1. The van der Waals surface area contributed by atoms with Gasteiger partial charge in [0.2, 0.25) is 0 Å². The Labute approximate surface area is 79.3 Å². The summed E-state index contributed by atoms with van der Waals surface area (Å²) in [5.74, 6) is 0. The van der Waals surface area contributed by atoms with Crippen molar-refractivity contribution in [3.63, 3.8) is 0 Å². The van der Waals surface area contributed by atoms with Crippen molar-refractivity contribution in [2.45, 2.75) is 20.8 Å². The Kier molecular flexibility index (Phi) is 3.07. The molecule has 0 amide bonds. The van der Waals surface area contributed by atoms with Crippen LogP contribution in [0.15, 0.2) is 17.1 Å². The maximum atomic E-state index is 4.79. The van der Waals surface area contributed by atoms with Crippen molar-refractivity contribution >= 4 is 12.1 Å². The molecule has 0 aliphatic rings. The molecule has 0 saturated carbocycles. The molecule has 0 aromatic heterocycles. The summed E-state index contributed by atoms with van der Waals surface area (Å²) in [6.45, 7) is 6.20. The quantitative estimate of drug-likeness (QED) is 0.502. The zero-order valence-electron chi connectivity index (χ0n) is 8.59. The van der Waals surface area contributed by atoms with E-state index in [0.717, 1.165) is 5.69 Å². The van der Waals surface area contributed by atoms with Crippen LogP contribution in [0.4, 0.5) is 5.69 Å². The Hall–Kier alpha value is -1.31. The van der Waals surface area contributed by atoms with Gasteiger partial charge in [0.05, 0.1) is 12.8 Å². The molecule has 0 unspecified atom stereocenters. The molecule has 0 atom stereocenters. The number of hydrogen-bond acceptors (Lipinski definition) is 2. The summed E-state index contributed by atoms with van der Waals surface area (Å²) < 4.78 is 4.79. The van der Waals surface area contributed by atoms with Crippen LogP contribution in [0.5, 0.6) is 0 Å². The zero-order valence-corrected chi connectivity index (χ0v) is 8.59. The lowest BCUT2D eigenvalue weighted by Crippen LogP contribution is -1.85. The highest BCUT2D eigenvalue weighted by molar-refractivity contribution is 5.62. The van der Waals surface area contributed by atoms with E-state index >= 15 is 0 Å². The van der Waals surface area contributed by atoms with Gasteiger partial charge < -0.3 is 4.74 Å². The van der Waals surface area contributed by atoms with Crippen molar-refractivity contribution in [1.82, 2.24) is 0 Å². The van der Waals surface area contributed by atoms with E-state index in [-0.39, 0.29) is 0 Å². The summed E-state index contributed by atoms with van der Waals surface area (Å²) in [6, 6.07) is 4.24. The minimum atomic E-state index is 1.01. The topological polar surface area (TPSA) is 21.6 Å². The molecule has 0 N–H and O–H groups in total. The Morgan fingerprint density at radius 1 is 1.15 bits per heavy atom. The third-order valence-electron chi connectivity index (χ3n) is 1.92. The molecule has 0 spiro atoms. The summed E-state index contributed by atoms with van der Waals surface area (Å²) in [4.78, 5) is 4.22. The van der Waals surface area contributed by atoms with Gasteiger partial charge in [0.15, 0.2) is 6.40 Å². The van der Waals surface area contributed by atoms with Crippen LogP contribution < -0.4 is 0 Å². The van der Waals surface area contributed by atoms with Gasteiger partial charge in [-0.25, -0.2) is 4.99 Å². The van der Waals surface area contributed by atoms with Gasteiger partial charge in [0.25, 0.3) is 0 Å². The fourth-order valence-electron chi connectivity index (χ4n) is 1.48. The van der Waals surface area contributed by atoms with Gasteiger partial charge in [0.1, 0.15) is 0 Å². The molecule has 0 bridgehead atoms. The number of benzene rings is 1. The summed E-state index contributed by atoms with van der Waals surface area (Å²) in [7, 11) is 1.60. The fraction of sp³-hybridized carbons (Fsp3) is 0.364. The van der Waals surface area contributed by atoms with E-state index in [2.05, 4.69) is 37.9 Å². The van der Waals surface area contributed by atoms with Gasteiger partial charge >= 0.3 is 0 Å². The van der Waals surface area contributed by atoms with E-state index in [1.807, 2.05) is 0 Å². The second-order valence-electron chi connectivity index (χ2n) is 3.22. The summed E-state index contributed by atoms with van der Waals surface area (Å²) in [5.41, 5.74) is 4.65. The molecule has 70 valence electrons. The highest BCUT2D eigenvalue weighted by Gasteiger charge is 2.00. The van der Waals surface area contributed by atoms with Crippen LogP contribution >= 0.6 is 0 Å². The van der Waals surface area contributed by atoms with E-state index in [4.69, 9.17) is 4.74 Å². The van der Waals surface area contributed by atoms with Gasteiger partial charge in [-0.05, 0) is 31.9 Å². The molecule has 1 aromatic carbocycles. The van der Waals surface area contributed by atoms with Gasteiger partial charge in [-0.3, -0.25) is 0 Å². The van der Waals surface area contributed by atoms with Crippen molar-refractivity contribution in [2.24, 2.45) is 4.99 Å². The first-order valence-corrected chi connectivity index (χ1v) is 4.28. The largest absolute Gasteiger partial charge is 0.486 e. The zero-order chi connectivity index (χ0) is 9.84. The highest BCUT2D eigenvalue weighted by atomic mass is 16.5. The second kappa shape index (κ2) is 4.08. The van der Waals surface area contributed by atoms with Crippen molar-refractivity contribution in [3.05, 3.63) is 28.8 Å². The van der Waals surface area contributed by atoms with Crippen molar-refractivity contribution < 1.29 is 4.74 Å². The van der Waals surface area contributed by atoms with E-state index in [1.54, 1.807) is 7.11 Å². The van der Waals surface area contributed by atoms with Crippen LogP contribution in [-0.2, 0) is 4.74 Å². The predicted octanol–water partition coefficient (Wildman–Crippen LogP) is 2.92. The van der Waals surface area contributed by atoms with Crippen LogP contribution in [-0.4, -0.2) is 13.5 Å². The van der Waals surface area contributed by atoms with Gasteiger partial charge in [-0.1, -0.05) is 17.7 Å². The first-order chi connectivity index (χ1) is 6.15. The molecule has 0 aliphatic heterocycles. The summed E-state index contributed by atoms with van der Waals surface area (Å²) >= 11 is 0. The number of methoxy groups -OCH3 is 1. The van der Waals surface area contributed by atoms with E-state index in [1.165, 1.54) is 23.1 Å². The van der Waals surface area contributed by atoms with Gasteiger partial charge in [-0.15, -0.1) is 0 Å². The molecular weight excluding hydrogens is 162 g/mol. The molecule has 1 aromatic rings. The summed E-state index contributed by atoms with van der Waals surface area (Å²) in [5, 5.41) is 0. The lowest BCUT2D eigenvalue weighted by atomic mass is 10.1. The second-order valence-corrected chi connectivity index (χ2v) is 3.22.